The normalized spacial score (nSPS) is 12.8. The van der Waals surface area contributed by atoms with Crippen molar-refractivity contribution in [1.29, 1.82) is 0 Å². The molecule has 0 saturated carbocycles. The van der Waals surface area contributed by atoms with Crippen molar-refractivity contribution >= 4 is 23.6 Å². The number of nitrogens with one attached hydrogen (secondary N) is 1. The van der Waals surface area contributed by atoms with Crippen LogP contribution in [0.25, 0.3) is 11.8 Å². The van der Waals surface area contributed by atoms with Gasteiger partial charge in [-0.1, -0.05) is 38.1 Å². The molecular formula is C26H29FN3NaO5. The van der Waals surface area contributed by atoms with Crippen LogP contribution in [0, 0.1) is 5.82 Å². The van der Waals surface area contributed by atoms with E-state index in [2.05, 4.69) is 10.4 Å². The van der Waals surface area contributed by atoms with Crippen molar-refractivity contribution in [2.75, 3.05) is 5.32 Å². The summed E-state index contributed by atoms with van der Waals surface area (Å²) < 4.78 is 15.0. The number of aliphatic hydroxyl groups is 2. The van der Waals surface area contributed by atoms with Crippen LogP contribution in [0.5, 0.6) is 0 Å². The largest absolute Gasteiger partial charge is 1.00 e. The molecule has 1 aromatic heterocycles. The Morgan fingerprint density at radius 1 is 1.11 bits per heavy atom. The first kappa shape index (κ1) is 29.4. The van der Waals surface area contributed by atoms with Crippen molar-refractivity contribution in [2.24, 2.45) is 0 Å². The minimum atomic E-state index is -1.22. The molecule has 0 bridgehead atoms. The Morgan fingerprint density at radius 3 is 2.33 bits per heavy atom. The maximum Gasteiger partial charge on any atom is 1.00 e. The number of benzene rings is 2. The van der Waals surface area contributed by atoms with Crippen molar-refractivity contribution in [2.45, 2.75) is 44.8 Å². The average molecular weight is 506 g/mol. The topological polar surface area (TPSA) is 125 Å². The first-order valence-electron chi connectivity index (χ1n) is 11.2. The first-order chi connectivity index (χ1) is 16.7. The van der Waals surface area contributed by atoms with E-state index in [1.165, 1.54) is 35.0 Å². The predicted molar refractivity (Wildman–Crippen MR) is 131 cm³/mol. The Morgan fingerprint density at radius 2 is 1.75 bits per heavy atom. The van der Waals surface area contributed by atoms with Crippen LogP contribution in [-0.2, 0) is 4.79 Å². The summed E-state index contributed by atoms with van der Waals surface area (Å²) >= 11 is 0. The number of anilines is 1. The van der Waals surface area contributed by atoms with Crippen molar-refractivity contribution in [3.8, 4) is 5.69 Å². The molecule has 1 amide bonds. The molecule has 1 heterocycles. The molecule has 186 valence electrons. The molecule has 0 aliphatic carbocycles. The van der Waals surface area contributed by atoms with Crippen LogP contribution in [0.4, 0.5) is 10.1 Å². The van der Waals surface area contributed by atoms with Gasteiger partial charge in [0.2, 0.25) is 0 Å². The van der Waals surface area contributed by atoms with E-state index >= 15 is 0 Å². The maximum atomic E-state index is 13.5. The number of para-hydroxylation sites is 1. The summed E-state index contributed by atoms with van der Waals surface area (Å²) in [5, 5.41) is 36.3. The average Bonchev–Trinajstić information content (AvgIpc) is 3.18. The van der Waals surface area contributed by atoms with Crippen molar-refractivity contribution in [3.05, 3.63) is 83.4 Å². The molecule has 0 aliphatic rings. The zero-order chi connectivity index (χ0) is 25.5. The molecule has 4 N–H and O–H groups in total. The Hall–Kier alpha value is -2.82. The summed E-state index contributed by atoms with van der Waals surface area (Å²) in [6.07, 6.45) is -0.0325. The monoisotopic (exact) mass is 505 g/mol. The van der Waals surface area contributed by atoms with Crippen LogP contribution in [-0.4, -0.2) is 49.2 Å². The number of halogens is 1. The number of rotatable bonds is 10. The Labute approximate surface area is 232 Å². The predicted octanol–water partition coefficient (Wildman–Crippen LogP) is 1.10. The molecule has 0 aliphatic heterocycles. The van der Waals surface area contributed by atoms with Gasteiger partial charge < -0.3 is 22.1 Å². The molecule has 36 heavy (non-hydrogen) atoms. The van der Waals surface area contributed by atoms with E-state index in [0.717, 1.165) is 0 Å². The van der Waals surface area contributed by atoms with E-state index in [0.29, 0.717) is 22.6 Å². The van der Waals surface area contributed by atoms with E-state index in [9.17, 15) is 24.2 Å². The molecule has 0 unspecified atom stereocenters. The maximum absolute atomic E-state index is 13.5. The summed E-state index contributed by atoms with van der Waals surface area (Å²) in [7, 11) is 0. The minimum Gasteiger partial charge on any atom is -1.00 e. The second kappa shape index (κ2) is 13.5. The van der Waals surface area contributed by atoms with Crippen LogP contribution in [0.2, 0.25) is 0 Å². The van der Waals surface area contributed by atoms with Crippen molar-refractivity contribution < 1.29 is 60.3 Å². The molecule has 0 spiro atoms. The van der Waals surface area contributed by atoms with Gasteiger partial charge in [-0.05, 0) is 48.4 Å². The Bertz CT molecular complexity index is 1200. The van der Waals surface area contributed by atoms with Crippen molar-refractivity contribution in [3.63, 3.8) is 0 Å². The van der Waals surface area contributed by atoms with Gasteiger partial charge in [0.25, 0.3) is 5.91 Å². The number of hydrogen-bond donors (Lipinski definition) is 4. The Balaban J connectivity index is 0.00000342. The fraction of sp³-hybridized carbons (Fsp3) is 0.269. The third-order valence-electron chi connectivity index (χ3n) is 5.25. The van der Waals surface area contributed by atoms with E-state index in [-0.39, 0.29) is 49.0 Å². The van der Waals surface area contributed by atoms with Gasteiger partial charge in [0, 0.05) is 17.7 Å². The second-order valence-corrected chi connectivity index (χ2v) is 8.42. The minimum absolute atomic E-state index is 0. The van der Waals surface area contributed by atoms with Gasteiger partial charge in [-0.25, -0.2) is 9.07 Å². The third-order valence-corrected chi connectivity index (χ3v) is 5.25. The molecule has 0 fully saturated rings. The fourth-order valence-corrected chi connectivity index (χ4v) is 3.68. The summed E-state index contributed by atoms with van der Waals surface area (Å²) in [4.78, 5) is 23.9. The molecular weight excluding hydrogens is 476 g/mol. The van der Waals surface area contributed by atoms with Crippen LogP contribution < -0.4 is 34.9 Å². The number of nitrogens with zero attached hydrogens (tertiary/aromatic N) is 2. The van der Waals surface area contributed by atoms with Crippen molar-refractivity contribution in [1.82, 2.24) is 9.78 Å². The zero-order valence-electron chi connectivity index (χ0n) is 21.4. The standard InChI is InChI=1S/C26H28FN3O5.Na.H/c1-16(2)24-22(13-12-20(31)14-21(32)15-23(33)34)30(19-10-8-17(27)9-11-19)29-25(24)26(35)28-18-6-4-3-5-7-18;;/h3-13,16,20-21,31-32H,14-15H2,1-2H3,(H,28,35)(H,33,34);;/q;+1;-1/b13-12+;;/t20-,21+;;/m0../s1. The van der Waals surface area contributed by atoms with Gasteiger partial charge in [0.15, 0.2) is 5.69 Å². The number of carboxylic acids is 1. The quantitative estimate of drug-likeness (QED) is 0.306. The second-order valence-electron chi connectivity index (χ2n) is 8.42. The molecule has 3 rings (SSSR count). The number of aliphatic carboxylic acids is 1. The molecule has 0 saturated heterocycles. The van der Waals surface area contributed by atoms with Crippen LogP contribution in [0.3, 0.4) is 0 Å². The number of carbonyl (C=O) groups is 2. The molecule has 3 aromatic rings. The third kappa shape index (κ3) is 7.84. The number of carboxylic acid groups (broad SMARTS) is 1. The van der Waals surface area contributed by atoms with Gasteiger partial charge in [-0.3, -0.25) is 9.59 Å². The van der Waals surface area contributed by atoms with E-state index in [4.69, 9.17) is 5.11 Å². The zero-order valence-corrected chi connectivity index (χ0v) is 22.4. The summed E-state index contributed by atoms with van der Waals surface area (Å²) in [6.45, 7) is 3.80. The Kier molecular flexibility index (Phi) is 11.0. The molecule has 0 radical (unpaired) electrons. The number of aliphatic hydroxyl groups excluding tert-OH is 2. The summed E-state index contributed by atoms with van der Waals surface area (Å²) in [5.41, 5.74) is 2.39. The van der Waals surface area contributed by atoms with Gasteiger partial charge in [0.05, 0.1) is 30.0 Å². The fourth-order valence-electron chi connectivity index (χ4n) is 3.68. The van der Waals surface area contributed by atoms with Crippen LogP contribution in [0.15, 0.2) is 60.7 Å². The summed E-state index contributed by atoms with van der Waals surface area (Å²) in [5.74, 6) is -2.16. The number of carbonyl (C=O) groups excluding carboxylic acids is 1. The van der Waals surface area contributed by atoms with E-state index in [1.54, 1.807) is 30.3 Å². The van der Waals surface area contributed by atoms with Crippen LogP contribution in [0.1, 0.15) is 55.8 Å². The van der Waals surface area contributed by atoms with E-state index in [1.807, 2.05) is 19.9 Å². The smallest absolute Gasteiger partial charge is 1.00 e. The number of hydrogen-bond acceptors (Lipinski definition) is 5. The molecule has 10 heteroatoms. The number of aromatic nitrogens is 2. The van der Waals surface area contributed by atoms with Gasteiger partial charge in [-0.15, -0.1) is 0 Å². The van der Waals surface area contributed by atoms with Gasteiger partial charge in [-0.2, -0.15) is 5.10 Å². The van der Waals surface area contributed by atoms with Gasteiger partial charge >= 0.3 is 35.5 Å². The van der Waals surface area contributed by atoms with E-state index < -0.39 is 36.3 Å². The number of amides is 1. The first-order valence-corrected chi connectivity index (χ1v) is 11.2. The molecule has 2 atom stereocenters. The molecule has 2 aromatic carbocycles. The summed E-state index contributed by atoms with van der Waals surface area (Å²) in [6, 6.07) is 14.5. The van der Waals surface area contributed by atoms with Gasteiger partial charge in [0.1, 0.15) is 5.82 Å². The molecule has 8 nitrogen and oxygen atoms in total. The SMILES string of the molecule is CC(C)c1c(C(=O)Nc2ccccc2)nn(-c2ccc(F)cc2)c1/C=C/[C@H](O)C[C@@H](O)CC(=O)O.[H-].[Na+]. The van der Waals surface area contributed by atoms with Crippen LogP contribution >= 0.6 is 0 Å².